The Morgan fingerprint density at radius 1 is 1.23 bits per heavy atom. The third-order valence-electron chi connectivity index (χ3n) is 4.28. The lowest BCUT2D eigenvalue weighted by Crippen LogP contribution is -2.27. The topological polar surface area (TPSA) is 59.8 Å². The Bertz CT molecular complexity index is 904. The van der Waals surface area contributed by atoms with Gasteiger partial charge in [0.15, 0.2) is 0 Å². The van der Waals surface area contributed by atoms with E-state index < -0.39 is 0 Å². The number of hydrogen-bond donors (Lipinski definition) is 1. The number of aryl methyl sites for hydroxylation is 2. The fraction of sp³-hybridized carbons (Fsp3) is 0.250. The van der Waals surface area contributed by atoms with Gasteiger partial charge in [-0.25, -0.2) is 4.68 Å². The number of halogens is 1. The number of carbonyl (C=O) groups excluding carboxylic acids is 1. The van der Waals surface area contributed by atoms with Crippen molar-refractivity contribution in [1.29, 1.82) is 0 Å². The van der Waals surface area contributed by atoms with Gasteiger partial charge in [0.1, 0.15) is 5.15 Å². The third kappa shape index (κ3) is 3.94. The Morgan fingerprint density at radius 2 is 1.96 bits per heavy atom. The highest BCUT2D eigenvalue weighted by Gasteiger charge is 2.22. The van der Waals surface area contributed by atoms with Crippen LogP contribution in [-0.4, -0.2) is 20.7 Å². The Kier molecular flexibility index (Phi) is 5.38. The summed E-state index contributed by atoms with van der Waals surface area (Å²) < 4.78 is 1.66. The molecule has 6 heteroatoms. The van der Waals surface area contributed by atoms with Crippen LogP contribution in [0.4, 0.5) is 0 Å². The minimum Gasteiger partial charge on any atom is -0.345 e. The normalized spacial score (nSPS) is 12.0. The van der Waals surface area contributed by atoms with Gasteiger partial charge >= 0.3 is 0 Å². The maximum atomic E-state index is 12.7. The molecule has 2 aromatic heterocycles. The molecule has 0 saturated heterocycles. The molecular formula is C20H21ClN4O. The van der Waals surface area contributed by atoms with Crippen molar-refractivity contribution < 1.29 is 4.79 Å². The van der Waals surface area contributed by atoms with Crippen LogP contribution in [0.25, 0.3) is 0 Å². The monoisotopic (exact) mass is 368 g/mol. The van der Waals surface area contributed by atoms with E-state index in [1.54, 1.807) is 24.0 Å². The zero-order chi connectivity index (χ0) is 18.7. The number of nitrogens with zero attached hydrogens (tertiary/aromatic N) is 3. The molecule has 1 amide bonds. The van der Waals surface area contributed by atoms with E-state index in [1.165, 1.54) is 5.56 Å². The van der Waals surface area contributed by atoms with Crippen LogP contribution >= 0.6 is 11.6 Å². The number of rotatable bonds is 5. The summed E-state index contributed by atoms with van der Waals surface area (Å²) in [5.41, 5.74) is 4.23. The minimum absolute atomic E-state index is 0.174. The van der Waals surface area contributed by atoms with Crippen molar-refractivity contribution in [2.24, 2.45) is 0 Å². The van der Waals surface area contributed by atoms with E-state index in [0.717, 1.165) is 11.1 Å². The molecule has 0 spiro atoms. The first-order chi connectivity index (χ1) is 12.5. The van der Waals surface area contributed by atoms with Gasteiger partial charge in [0.2, 0.25) is 0 Å². The fourth-order valence-electron chi connectivity index (χ4n) is 2.77. The van der Waals surface area contributed by atoms with Gasteiger partial charge in [-0.2, -0.15) is 5.10 Å². The lowest BCUT2D eigenvalue weighted by Gasteiger charge is -2.13. The van der Waals surface area contributed by atoms with E-state index in [0.29, 0.717) is 23.0 Å². The number of hydrogen-bond acceptors (Lipinski definition) is 3. The average molecular weight is 369 g/mol. The fourth-order valence-corrected chi connectivity index (χ4v) is 3.09. The lowest BCUT2D eigenvalue weighted by molar-refractivity contribution is 0.0939. The first-order valence-electron chi connectivity index (χ1n) is 8.45. The van der Waals surface area contributed by atoms with Gasteiger partial charge < -0.3 is 5.32 Å². The summed E-state index contributed by atoms with van der Waals surface area (Å²) in [5.74, 6) is -0.237. The van der Waals surface area contributed by atoms with Crippen molar-refractivity contribution in [3.8, 4) is 0 Å². The summed E-state index contributed by atoms with van der Waals surface area (Å²) in [6, 6.07) is 11.8. The van der Waals surface area contributed by atoms with Crippen molar-refractivity contribution in [1.82, 2.24) is 20.1 Å². The molecule has 0 radical (unpaired) electrons. The van der Waals surface area contributed by atoms with Crippen LogP contribution < -0.4 is 5.32 Å². The molecule has 0 aliphatic carbocycles. The van der Waals surface area contributed by atoms with Crippen molar-refractivity contribution in [3.63, 3.8) is 0 Å². The average Bonchev–Trinajstić information content (AvgIpc) is 2.91. The van der Waals surface area contributed by atoms with Crippen molar-refractivity contribution >= 4 is 17.5 Å². The molecule has 1 atom stereocenters. The third-order valence-corrected chi connectivity index (χ3v) is 4.66. The molecule has 0 saturated carbocycles. The van der Waals surface area contributed by atoms with Gasteiger partial charge in [-0.3, -0.25) is 9.78 Å². The van der Waals surface area contributed by atoms with E-state index in [2.05, 4.69) is 15.4 Å². The smallest absolute Gasteiger partial charge is 0.256 e. The lowest BCUT2D eigenvalue weighted by atomic mass is 10.1. The first-order valence-corrected chi connectivity index (χ1v) is 8.82. The Hall–Kier alpha value is -2.66. The standard InChI is InChI=1S/C20H21ClN4O/c1-13-6-8-16(9-7-13)12-25-19(21)18(15(3)24-25)20(26)23-14(2)17-5-4-10-22-11-17/h4-11,14H,12H2,1-3H3,(H,23,26). The van der Waals surface area contributed by atoms with Crippen LogP contribution in [0.1, 0.15) is 45.7 Å². The molecule has 1 aromatic carbocycles. The van der Waals surface area contributed by atoms with Gasteiger partial charge in [-0.15, -0.1) is 0 Å². The zero-order valence-electron chi connectivity index (χ0n) is 15.0. The first kappa shape index (κ1) is 18.1. The maximum Gasteiger partial charge on any atom is 0.256 e. The van der Waals surface area contributed by atoms with Gasteiger partial charge in [-0.05, 0) is 38.0 Å². The van der Waals surface area contributed by atoms with Crippen LogP contribution in [0.5, 0.6) is 0 Å². The van der Waals surface area contributed by atoms with Crippen molar-refractivity contribution in [2.45, 2.75) is 33.4 Å². The highest BCUT2D eigenvalue weighted by molar-refractivity contribution is 6.33. The van der Waals surface area contributed by atoms with Gasteiger partial charge in [0.05, 0.1) is 23.8 Å². The van der Waals surface area contributed by atoms with E-state index in [9.17, 15) is 4.79 Å². The second-order valence-electron chi connectivity index (χ2n) is 6.38. The molecule has 0 aliphatic rings. The second kappa shape index (κ2) is 7.70. The number of amides is 1. The van der Waals surface area contributed by atoms with E-state index >= 15 is 0 Å². The predicted molar refractivity (Wildman–Crippen MR) is 102 cm³/mol. The minimum atomic E-state index is -0.237. The molecule has 3 aromatic rings. The van der Waals surface area contributed by atoms with Crippen LogP contribution in [0.15, 0.2) is 48.8 Å². The Labute approximate surface area is 158 Å². The van der Waals surface area contributed by atoms with E-state index in [4.69, 9.17) is 11.6 Å². The van der Waals surface area contributed by atoms with Gasteiger partial charge in [0, 0.05) is 12.4 Å². The molecule has 3 rings (SSSR count). The van der Waals surface area contributed by atoms with E-state index in [-0.39, 0.29) is 11.9 Å². The number of benzene rings is 1. The highest BCUT2D eigenvalue weighted by Crippen LogP contribution is 2.22. The number of carbonyl (C=O) groups is 1. The Morgan fingerprint density at radius 3 is 2.62 bits per heavy atom. The van der Waals surface area contributed by atoms with Gasteiger partial charge in [0.25, 0.3) is 5.91 Å². The number of aromatic nitrogens is 3. The molecule has 26 heavy (non-hydrogen) atoms. The quantitative estimate of drug-likeness (QED) is 0.737. The molecule has 0 aliphatic heterocycles. The number of nitrogens with one attached hydrogen (secondary N) is 1. The summed E-state index contributed by atoms with van der Waals surface area (Å²) >= 11 is 6.46. The molecular weight excluding hydrogens is 348 g/mol. The second-order valence-corrected chi connectivity index (χ2v) is 6.73. The zero-order valence-corrected chi connectivity index (χ0v) is 15.8. The molecule has 5 nitrogen and oxygen atoms in total. The van der Waals surface area contributed by atoms with Crippen molar-refractivity contribution in [3.05, 3.63) is 81.9 Å². The van der Waals surface area contributed by atoms with Gasteiger partial charge in [-0.1, -0.05) is 47.5 Å². The number of pyridine rings is 1. The molecule has 1 N–H and O–H groups in total. The van der Waals surface area contributed by atoms with Crippen LogP contribution in [0.3, 0.4) is 0 Å². The predicted octanol–water partition coefficient (Wildman–Crippen LogP) is 4.09. The van der Waals surface area contributed by atoms with Crippen molar-refractivity contribution in [2.75, 3.05) is 0 Å². The Balaban J connectivity index is 1.78. The highest BCUT2D eigenvalue weighted by atomic mass is 35.5. The summed E-state index contributed by atoms with van der Waals surface area (Å²) in [5, 5.41) is 7.75. The summed E-state index contributed by atoms with van der Waals surface area (Å²) in [6.45, 7) is 6.27. The van der Waals surface area contributed by atoms with Crippen LogP contribution in [0, 0.1) is 13.8 Å². The van der Waals surface area contributed by atoms with Crippen LogP contribution in [-0.2, 0) is 6.54 Å². The largest absolute Gasteiger partial charge is 0.345 e. The summed E-state index contributed by atoms with van der Waals surface area (Å²) in [7, 11) is 0. The maximum absolute atomic E-state index is 12.7. The molecule has 2 heterocycles. The summed E-state index contributed by atoms with van der Waals surface area (Å²) in [4.78, 5) is 16.8. The van der Waals surface area contributed by atoms with Crippen LogP contribution in [0.2, 0.25) is 5.15 Å². The molecule has 134 valence electrons. The molecule has 0 bridgehead atoms. The van der Waals surface area contributed by atoms with E-state index in [1.807, 2.05) is 50.2 Å². The SMILES string of the molecule is Cc1ccc(Cn2nc(C)c(C(=O)NC(C)c3cccnc3)c2Cl)cc1. The molecule has 1 unspecified atom stereocenters. The summed E-state index contributed by atoms with van der Waals surface area (Å²) in [6.07, 6.45) is 3.44. The molecule has 0 fully saturated rings.